The van der Waals surface area contributed by atoms with Crippen LogP contribution in [0.2, 0.25) is 0 Å². The molecule has 1 aliphatic carbocycles. The van der Waals surface area contributed by atoms with E-state index < -0.39 is 0 Å². The molecule has 104 valence electrons. The number of aliphatic hydroxyl groups is 1. The van der Waals surface area contributed by atoms with Crippen molar-refractivity contribution in [3.05, 3.63) is 0 Å². The second-order valence-corrected chi connectivity index (χ2v) is 5.23. The zero-order chi connectivity index (χ0) is 13.0. The van der Waals surface area contributed by atoms with Crippen molar-refractivity contribution in [2.24, 2.45) is 0 Å². The minimum Gasteiger partial charge on any atom is -0.393 e. The second kappa shape index (κ2) is 6.50. The first-order valence-electron chi connectivity index (χ1n) is 7.01. The number of carbonyl (C=O) groups is 1. The normalized spacial score (nSPS) is 34.2. The van der Waals surface area contributed by atoms with Crippen LogP contribution in [-0.2, 0) is 9.53 Å². The smallest absolute Gasteiger partial charge is 0.239 e. The topological polar surface area (TPSA) is 61.8 Å². The Labute approximate surface area is 108 Å². The molecule has 2 fully saturated rings. The minimum atomic E-state index is -0.177. The molecule has 1 unspecified atom stereocenters. The number of likely N-dealkylation sites (N-methyl/N-ethyl adjacent to an activating group) is 1. The van der Waals surface area contributed by atoms with E-state index in [1.165, 1.54) is 0 Å². The number of rotatable bonds is 3. The van der Waals surface area contributed by atoms with Gasteiger partial charge in [-0.05, 0) is 32.2 Å². The number of morpholine rings is 1. The first-order valence-corrected chi connectivity index (χ1v) is 7.01. The van der Waals surface area contributed by atoms with Crippen LogP contribution >= 0.6 is 0 Å². The molecule has 0 bridgehead atoms. The van der Waals surface area contributed by atoms with Gasteiger partial charge in [0.1, 0.15) is 6.04 Å². The van der Waals surface area contributed by atoms with Crippen molar-refractivity contribution in [2.75, 3.05) is 26.3 Å². The summed E-state index contributed by atoms with van der Waals surface area (Å²) in [5.74, 6) is 0.0814. The van der Waals surface area contributed by atoms with E-state index in [4.69, 9.17) is 4.74 Å². The standard InChI is InChI=1S/C13H24N2O3/c1-2-15-7-8-18-9-12(15)13(17)14-10-3-5-11(16)6-4-10/h10-12,16H,2-9H2,1H3,(H,14,17). The number of nitrogens with zero attached hydrogens (tertiary/aromatic N) is 1. The summed E-state index contributed by atoms with van der Waals surface area (Å²) >= 11 is 0. The van der Waals surface area contributed by atoms with E-state index in [1.54, 1.807) is 0 Å². The third-order valence-corrected chi connectivity index (χ3v) is 3.99. The van der Waals surface area contributed by atoms with Crippen molar-refractivity contribution in [3.8, 4) is 0 Å². The number of hydrogen-bond donors (Lipinski definition) is 2. The molecule has 1 amide bonds. The molecule has 18 heavy (non-hydrogen) atoms. The Hall–Kier alpha value is -0.650. The van der Waals surface area contributed by atoms with Gasteiger partial charge in [-0.15, -0.1) is 0 Å². The lowest BCUT2D eigenvalue weighted by atomic mass is 9.93. The Morgan fingerprint density at radius 2 is 2.11 bits per heavy atom. The Bertz CT molecular complexity index is 277. The van der Waals surface area contributed by atoms with E-state index in [0.29, 0.717) is 13.2 Å². The summed E-state index contributed by atoms with van der Waals surface area (Å²) in [7, 11) is 0. The number of amides is 1. The maximum absolute atomic E-state index is 12.2. The van der Waals surface area contributed by atoms with Gasteiger partial charge in [-0.1, -0.05) is 6.92 Å². The highest BCUT2D eigenvalue weighted by atomic mass is 16.5. The third kappa shape index (κ3) is 3.43. The summed E-state index contributed by atoms with van der Waals surface area (Å²) in [5, 5.41) is 12.6. The summed E-state index contributed by atoms with van der Waals surface area (Å²) in [6, 6.07) is 0.0807. The van der Waals surface area contributed by atoms with Crippen molar-refractivity contribution in [3.63, 3.8) is 0 Å². The lowest BCUT2D eigenvalue weighted by Crippen LogP contribution is -2.55. The van der Waals surface area contributed by atoms with Gasteiger partial charge in [-0.25, -0.2) is 0 Å². The van der Waals surface area contributed by atoms with E-state index in [2.05, 4.69) is 17.1 Å². The zero-order valence-electron chi connectivity index (χ0n) is 11.1. The number of aliphatic hydroxyl groups excluding tert-OH is 1. The quantitative estimate of drug-likeness (QED) is 0.753. The van der Waals surface area contributed by atoms with Gasteiger partial charge in [-0.3, -0.25) is 9.69 Å². The Morgan fingerprint density at radius 3 is 2.78 bits per heavy atom. The van der Waals surface area contributed by atoms with Crippen molar-refractivity contribution in [2.45, 2.75) is 50.8 Å². The van der Waals surface area contributed by atoms with Gasteiger partial charge in [-0.2, -0.15) is 0 Å². The molecule has 2 rings (SSSR count). The third-order valence-electron chi connectivity index (χ3n) is 3.99. The highest BCUT2D eigenvalue weighted by Gasteiger charge is 2.30. The van der Waals surface area contributed by atoms with Crippen molar-refractivity contribution >= 4 is 5.91 Å². The molecule has 5 nitrogen and oxygen atoms in total. The van der Waals surface area contributed by atoms with Crippen molar-refractivity contribution in [1.29, 1.82) is 0 Å². The average molecular weight is 256 g/mol. The average Bonchev–Trinajstić information content (AvgIpc) is 2.41. The van der Waals surface area contributed by atoms with Crippen LogP contribution < -0.4 is 5.32 Å². The summed E-state index contributed by atoms with van der Waals surface area (Å²) in [6.45, 7) is 4.99. The molecule has 1 atom stereocenters. The maximum atomic E-state index is 12.2. The van der Waals surface area contributed by atoms with E-state index in [0.717, 1.165) is 38.8 Å². The van der Waals surface area contributed by atoms with Gasteiger partial charge in [0.05, 0.1) is 19.3 Å². The maximum Gasteiger partial charge on any atom is 0.239 e. The first-order chi connectivity index (χ1) is 8.70. The van der Waals surface area contributed by atoms with Crippen LogP contribution in [0.25, 0.3) is 0 Å². The van der Waals surface area contributed by atoms with Crippen LogP contribution in [0.4, 0.5) is 0 Å². The molecule has 1 aliphatic heterocycles. The van der Waals surface area contributed by atoms with Crippen molar-refractivity contribution < 1.29 is 14.6 Å². The Kier molecular flexibility index (Phi) is 4.97. The van der Waals surface area contributed by atoms with E-state index in [-0.39, 0.29) is 24.1 Å². The first kappa shape index (κ1) is 13.8. The molecule has 2 N–H and O–H groups in total. The van der Waals surface area contributed by atoms with E-state index in [9.17, 15) is 9.90 Å². The van der Waals surface area contributed by atoms with Gasteiger partial charge in [0, 0.05) is 12.6 Å². The van der Waals surface area contributed by atoms with Crippen molar-refractivity contribution in [1.82, 2.24) is 10.2 Å². The molecule has 5 heteroatoms. The fourth-order valence-electron chi connectivity index (χ4n) is 2.78. The second-order valence-electron chi connectivity index (χ2n) is 5.23. The molecule has 0 spiro atoms. The zero-order valence-corrected chi connectivity index (χ0v) is 11.1. The van der Waals surface area contributed by atoms with Gasteiger partial charge < -0.3 is 15.2 Å². The lowest BCUT2D eigenvalue weighted by molar-refractivity contribution is -0.133. The van der Waals surface area contributed by atoms with E-state index >= 15 is 0 Å². The molecule has 1 heterocycles. The van der Waals surface area contributed by atoms with Crippen LogP contribution in [0.15, 0.2) is 0 Å². The highest BCUT2D eigenvalue weighted by molar-refractivity contribution is 5.82. The largest absolute Gasteiger partial charge is 0.393 e. The monoisotopic (exact) mass is 256 g/mol. The predicted octanol–water partition coefficient (Wildman–Crippen LogP) is 0.127. The van der Waals surface area contributed by atoms with Gasteiger partial charge >= 0.3 is 0 Å². The SMILES string of the molecule is CCN1CCOCC1C(=O)NC1CCC(O)CC1. The number of hydrogen-bond acceptors (Lipinski definition) is 4. The molecule has 0 aromatic heterocycles. The molecular formula is C13H24N2O3. The van der Waals surface area contributed by atoms with Gasteiger partial charge in [0.2, 0.25) is 5.91 Å². The molecule has 2 aliphatic rings. The molecular weight excluding hydrogens is 232 g/mol. The van der Waals surface area contributed by atoms with Crippen LogP contribution in [0.3, 0.4) is 0 Å². The fraction of sp³-hybridized carbons (Fsp3) is 0.923. The van der Waals surface area contributed by atoms with Gasteiger partial charge in [0.25, 0.3) is 0 Å². The molecule has 1 saturated heterocycles. The van der Waals surface area contributed by atoms with Gasteiger partial charge in [0.15, 0.2) is 0 Å². The number of nitrogens with one attached hydrogen (secondary N) is 1. The molecule has 0 radical (unpaired) electrons. The van der Waals surface area contributed by atoms with E-state index in [1.807, 2.05) is 0 Å². The number of ether oxygens (including phenoxy) is 1. The fourth-order valence-corrected chi connectivity index (χ4v) is 2.78. The van der Waals surface area contributed by atoms with Crippen LogP contribution in [0.1, 0.15) is 32.6 Å². The Balaban J connectivity index is 1.82. The van der Waals surface area contributed by atoms with Crippen LogP contribution in [-0.4, -0.2) is 60.4 Å². The minimum absolute atomic E-state index is 0.0814. The molecule has 1 saturated carbocycles. The lowest BCUT2D eigenvalue weighted by Gasteiger charge is -2.35. The predicted molar refractivity (Wildman–Crippen MR) is 68.3 cm³/mol. The number of carbonyl (C=O) groups excluding carboxylic acids is 1. The molecule has 0 aromatic carbocycles. The summed E-state index contributed by atoms with van der Waals surface area (Å²) in [5.41, 5.74) is 0. The summed E-state index contributed by atoms with van der Waals surface area (Å²) in [4.78, 5) is 14.4. The summed E-state index contributed by atoms with van der Waals surface area (Å²) in [6.07, 6.45) is 3.18. The van der Waals surface area contributed by atoms with Crippen LogP contribution in [0.5, 0.6) is 0 Å². The Morgan fingerprint density at radius 1 is 1.39 bits per heavy atom. The highest BCUT2D eigenvalue weighted by Crippen LogP contribution is 2.18. The molecule has 0 aromatic rings. The van der Waals surface area contributed by atoms with Crippen LogP contribution in [0, 0.1) is 0 Å². The summed E-state index contributed by atoms with van der Waals surface area (Å²) < 4.78 is 5.40.